The molecule has 2 bridgehead atoms. The lowest BCUT2D eigenvalue weighted by atomic mass is 9.94. The molecule has 4 rings (SSSR count). The van der Waals surface area contributed by atoms with Crippen molar-refractivity contribution in [3.05, 3.63) is 35.4 Å². The third-order valence-electron chi connectivity index (χ3n) is 6.43. The number of rotatable bonds is 2. The van der Waals surface area contributed by atoms with Crippen molar-refractivity contribution in [2.75, 3.05) is 13.1 Å². The number of urea groups is 1. The zero-order valence-corrected chi connectivity index (χ0v) is 15.7. The van der Waals surface area contributed by atoms with E-state index < -0.39 is 15.3 Å². The summed E-state index contributed by atoms with van der Waals surface area (Å²) in [7, 11) is -3.60. The molecule has 7 heteroatoms. The monoisotopic (exact) mass is 377 g/mol. The highest BCUT2D eigenvalue weighted by Gasteiger charge is 2.41. The average molecular weight is 378 g/mol. The average Bonchev–Trinajstić information content (AvgIpc) is 2.88. The largest absolute Gasteiger partial charge is 0.335 e. The van der Waals surface area contributed by atoms with Crippen LogP contribution in [0.15, 0.2) is 24.3 Å². The first kappa shape index (κ1) is 17.8. The first-order valence-corrected chi connectivity index (χ1v) is 11.2. The molecule has 6 nitrogen and oxygen atoms in total. The van der Waals surface area contributed by atoms with E-state index in [4.69, 9.17) is 5.14 Å². The van der Waals surface area contributed by atoms with E-state index in [9.17, 15) is 13.2 Å². The number of amides is 2. The van der Waals surface area contributed by atoms with Crippen LogP contribution in [0.5, 0.6) is 0 Å². The number of benzene rings is 1. The smallest absolute Gasteiger partial charge is 0.317 e. The Morgan fingerprint density at radius 1 is 1.08 bits per heavy atom. The fourth-order valence-electron chi connectivity index (χ4n) is 5.01. The van der Waals surface area contributed by atoms with Gasteiger partial charge in [-0.2, -0.15) is 0 Å². The van der Waals surface area contributed by atoms with Crippen molar-refractivity contribution in [1.82, 2.24) is 10.2 Å². The van der Waals surface area contributed by atoms with E-state index in [1.165, 1.54) is 11.1 Å². The van der Waals surface area contributed by atoms with Crippen molar-refractivity contribution < 1.29 is 13.2 Å². The van der Waals surface area contributed by atoms with Gasteiger partial charge in [-0.3, -0.25) is 0 Å². The summed E-state index contributed by atoms with van der Waals surface area (Å²) in [6, 6.07) is 8.63. The van der Waals surface area contributed by atoms with Crippen LogP contribution in [0.4, 0.5) is 4.79 Å². The van der Waals surface area contributed by atoms with Gasteiger partial charge < -0.3 is 10.2 Å². The van der Waals surface area contributed by atoms with E-state index in [2.05, 4.69) is 29.6 Å². The van der Waals surface area contributed by atoms with E-state index in [0.29, 0.717) is 31.2 Å². The topological polar surface area (TPSA) is 92.5 Å². The number of hydrogen-bond acceptors (Lipinski definition) is 3. The zero-order chi connectivity index (χ0) is 18.3. The Kier molecular flexibility index (Phi) is 4.69. The first-order valence-electron chi connectivity index (χ1n) is 9.55. The van der Waals surface area contributed by atoms with Gasteiger partial charge in [-0.05, 0) is 61.5 Å². The maximum atomic E-state index is 12.8. The van der Waals surface area contributed by atoms with E-state index in [-0.39, 0.29) is 18.6 Å². The van der Waals surface area contributed by atoms with Crippen molar-refractivity contribution in [1.29, 1.82) is 0 Å². The van der Waals surface area contributed by atoms with E-state index in [1.807, 2.05) is 0 Å². The second kappa shape index (κ2) is 6.85. The van der Waals surface area contributed by atoms with Gasteiger partial charge in [-0.25, -0.2) is 18.4 Å². The molecule has 26 heavy (non-hydrogen) atoms. The third-order valence-corrected chi connectivity index (χ3v) is 7.74. The quantitative estimate of drug-likeness (QED) is 0.821. The molecule has 1 aromatic carbocycles. The molecule has 2 fully saturated rings. The minimum absolute atomic E-state index is 0.133. The minimum atomic E-state index is -3.60. The summed E-state index contributed by atoms with van der Waals surface area (Å²) >= 11 is 0. The van der Waals surface area contributed by atoms with Crippen molar-refractivity contribution >= 4 is 16.1 Å². The van der Waals surface area contributed by atoms with Crippen molar-refractivity contribution in [2.24, 2.45) is 17.0 Å². The molecule has 2 amide bonds. The Balaban J connectivity index is 1.45. The molecule has 1 heterocycles. The molecular formula is C19H27N3O3S. The van der Waals surface area contributed by atoms with Gasteiger partial charge in [0.15, 0.2) is 0 Å². The van der Waals surface area contributed by atoms with Crippen LogP contribution in [-0.4, -0.2) is 43.7 Å². The number of primary sulfonamides is 1. The Bertz CT molecular complexity index is 762. The van der Waals surface area contributed by atoms with Gasteiger partial charge in [0.05, 0.1) is 5.25 Å². The fraction of sp³-hybridized carbons (Fsp3) is 0.632. The summed E-state index contributed by atoms with van der Waals surface area (Å²) in [4.78, 5) is 14.5. The second-order valence-corrected chi connectivity index (χ2v) is 9.89. The van der Waals surface area contributed by atoms with Gasteiger partial charge in [0.2, 0.25) is 10.0 Å². The van der Waals surface area contributed by atoms with E-state index in [1.54, 1.807) is 4.90 Å². The number of nitrogens with zero attached hydrogens (tertiary/aromatic N) is 1. The molecule has 3 N–H and O–H groups in total. The lowest BCUT2D eigenvalue weighted by Crippen LogP contribution is -2.53. The van der Waals surface area contributed by atoms with Crippen LogP contribution >= 0.6 is 0 Å². The molecule has 1 saturated heterocycles. The summed E-state index contributed by atoms with van der Waals surface area (Å²) < 4.78 is 23.3. The van der Waals surface area contributed by atoms with Crippen LogP contribution < -0.4 is 10.5 Å². The van der Waals surface area contributed by atoms with Crippen LogP contribution in [0.2, 0.25) is 0 Å². The maximum absolute atomic E-state index is 12.8. The molecular weight excluding hydrogens is 350 g/mol. The van der Waals surface area contributed by atoms with Gasteiger partial charge >= 0.3 is 6.03 Å². The van der Waals surface area contributed by atoms with Crippen molar-refractivity contribution in [3.63, 3.8) is 0 Å². The van der Waals surface area contributed by atoms with Crippen molar-refractivity contribution in [2.45, 2.75) is 49.8 Å². The molecule has 0 radical (unpaired) electrons. The zero-order valence-electron chi connectivity index (χ0n) is 14.9. The Morgan fingerprint density at radius 3 is 2.27 bits per heavy atom. The fourth-order valence-corrected chi connectivity index (χ4v) is 5.89. The van der Waals surface area contributed by atoms with Crippen LogP contribution in [0.1, 0.15) is 36.8 Å². The highest BCUT2D eigenvalue weighted by atomic mass is 32.2. The first-order chi connectivity index (χ1) is 12.4. The number of piperidine rings is 1. The van der Waals surface area contributed by atoms with Crippen LogP contribution in [0.3, 0.4) is 0 Å². The molecule has 0 aromatic heterocycles. The van der Waals surface area contributed by atoms with E-state index in [0.717, 1.165) is 25.7 Å². The number of carbonyl (C=O) groups excluding carboxylic acids is 1. The van der Waals surface area contributed by atoms with Gasteiger partial charge in [-0.1, -0.05) is 24.3 Å². The number of sulfonamides is 1. The standard InChI is InChI=1S/C19H27N3O3S/c20-26(24,25)17-6-3-9-22(12-17)19(23)21-18-15-7-8-16(18)11-14-5-2-1-4-13(14)10-15/h1-2,4-5,15-18H,3,6-12H2,(H,21,23)(H2,20,24,25). The van der Waals surface area contributed by atoms with Crippen LogP contribution in [0, 0.1) is 11.8 Å². The highest BCUT2D eigenvalue weighted by Crippen LogP contribution is 2.40. The summed E-state index contributed by atoms with van der Waals surface area (Å²) in [5.74, 6) is 0.929. The summed E-state index contributed by atoms with van der Waals surface area (Å²) in [5.41, 5.74) is 2.82. The SMILES string of the molecule is NS(=O)(=O)C1CCCN(C(=O)NC2C3CCC2Cc2ccccc2C3)C1. The van der Waals surface area contributed by atoms with Gasteiger partial charge in [0, 0.05) is 19.1 Å². The van der Waals surface area contributed by atoms with Gasteiger partial charge in [-0.15, -0.1) is 0 Å². The summed E-state index contributed by atoms with van der Waals surface area (Å²) in [6.45, 7) is 0.799. The second-order valence-electron chi connectivity index (χ2n) is 8.05. The molecule has 3 atom stereocenters. The Hall–Kier alpha value is -1.60. The predicted octanol–water partition coefficient (Wildman–Crippen LogP) is 1.64. The minimum Gasteiger partial charge on any atom is -0.335 e. The molecule has 2 aliphatic carbocycles. The molecule has 3 aliphatic rings. The number of fused-ring (bicyclic) bond motifs is 3. The summed E-state index contributed by atoms with van der Waals surface area (Å²) in [6.07, 6.45) is 5.52. The normalized spacial score (nSPS) is 31.2. The lowest BCUT2D eigenvalue weighted by Gasteiger charge is -2.34. The predicted molar refractivity (Wildman–Crippen MR) is 100 cm³/mol. The lowest BCUT2D eigenvalue weighted by molar-refractivity contribution is 0.176. The van der Waals surface area contributed by atoms with Crippen LogP contribution in [0.25, 0.3) is 0 Å². The highest BCUT2D eigenvalue weighted by molar-refractivity contribution is 7.89. The molecule has 1 aliphatic heterocycles. The van der Waals surface area contributed by atoms with Crippen LogP contribution in [-0.2, 0) is 22.9 Å². The number of nitrogens with one attached hydrogen (secondary N) is 1. The molecule has 142 valence electrons. The van der Waals surface area contributed by atoms with Gasteiger partial charge in [0.1, 0.15) is 0 Å². The number of carbonyl (C=O) groups is 1. The van der Waals surface area contributed by atoms with Gasteiger partial charge in [0.25, 0.3) is 0 Å². The van der Waals surface area contributed by atoms with Crippen molar-refractivity contribution in [3.8, 4) is 0 Å². The number of likely N-dealkylation sites (tertiary alicyclic amines) is 1. The molecule has 3 unspecified atom stereocenters. The van der Waals surface area contributed by atoms with E-state index >= 15 is 0 Å². The third kappa shape index (κ3) is 3.47. The molecule has 1 aromatic rings. The Morgan fingerprint density at radius 2 is 1.69 bits per heavy atom. The number of nitrogens with two attached hydrogens (primary N) is 1. The molecule has 1 saturated carbocycles. The summed E-state index contributed by atoms with van der Waals surface area (Å²) in [5, 5.41) is 7.90. The number of hydrogen-bond donors (Lipinski definition) is 2. The Labute approximate surface area is 155 Å². The maximum Gasteiger partial charge on any atom is 0.317 e. The molecule has 0 spiro atoms.